The van der Waals surface area contributed by atoms with E-state index < -0.39 is 22.7 Å². The average molecular weight is 482 g/mol. The summed E-state index contributed by atoms with van der Waals surface area (Å²) in [7, 11) is 0. The van der Waals surface area contributed by atoms with Crippen molar-refractivity contribution in [3.05, 3.63) is 64.1 Å². The molecule has 3 aliphatic rings. The highest BCUT2D eigenvalue weighted by molar-refractivity contribution is 9.10. The lowest BCUT2D eigenvalue weighted by Gasteiger charge is -2.28. The summed E-state index contributed by atoms with van der Waals surface area (Å²) in [5, 5.41) is 3.10. The Morgan fingerprint density at radius 1 is 1.03 bits per heavy atom. The molecule has 0 radical (unpaired) electrons. The second-order valence-electron chi connectivity index (χ2n) is 9.02. The summed E-state index contributed by atoms with van der Waals surface area (Å²) in [4.78, 5) is 40.8. The van der Waals surface area contributed by atoms with Crippen LogP contribution in [0.1, 0.15) is 60.9 Å². The van der Waals surface area contributed by atoms with Gasteiger partial charge in [-0.3, -0.25) is 14.4 Å². The van der Waals surface area contributed by atoms with Gasteiger partial charge in [0.2, 0.25) is 5.91 Å². The molecule has 1 N–H and O–H groups in total. The van der Waals surface area contributed by atoms with Crippen LogP contribution in [-0.4, -0.2) is 23.7 Å². The molecule has 2 saturated carbocycles. The van der Waals surface area contributed by atoms with Gasteiger partial charge in [0.15, 0.2) is 11.2 Å². The van der Waals surface area contributed by atoms with Crippen LogP contribution in [0.5, 0.6) is 5.75 Å². The number of benzene rings is 2. The number of hydrogen-bond acceptors (Lipinski definition) is 4. The lowest BCUT2D eigenvalue weighted by molar-refractivity contribution is -0.149. The summed E-state index contributed by atoms with van der Waals surface area (Å²) in [6, 6.07) is 14.3. The molecule has 2 aromatic carbocycles. The molecule has 31 heavy (non-hydrogen) atoms. The number of carbonyl (C=O) groups is 3. The number of nitrogens with one attached hydrogen (secondary N) is 1. The summed E-state index contributed by atoms with van der Waals surface area (Å²) in [5.74, 6) is -1.32. The standard InChI is InChI=1S/C25H24BrNO4/c1-24(21(28)15-11-13-16(26)14-12-15)20-18-9-5-6-10-19(18)31-23(30)25(20,24)22(29)27-17-7-3-2-4-8-17/h5-6,9-14,17,20H,2-4,7-8H2,1H3,(H,27,29)/t20-,24+,25-/m0/s1. The number of ether oxygens (including phenoxy) is 1. The van der Waals surface area contributed by atoms with Crippen molar-refractivity contribution >= 4 is 33.6 Å². The van der Waals surface area contributed by atoms with Crippen molar-refractivity contribution in [2.45, 2.75) is 51.0 Å². The van der Waals surface area contributed by atoms with Gasteiger partial charge >= 0.3 is 5.97 Å². The minimum absolute atomic E-state index is 0.0360. The molecule has 5 nitrogen and oxygen atoms in total. The Morgan fingerprint density at radius 3 is 2.42 bits per heavy atom. The first kappa shape index (κ1) is 20.4. The van der Waals surface area contributed by atoms with E-state index in [1.165, 1.54) is 0 Å². The second kappa shape index (κ2) is 7.30. The number of Topliss-reactive ketones (excluding diaryl/α,β-unsaturated/α-hetero) is 1. The number of rotatable bonds is 4. The van der Waals surface area contributed by atoms with Gasteiger partial charge < -0.3 is 10.1 Å². The fourth-order valence-electron chi connectivity index (χ4n) is 5.70. The number of para-hydroxylation sites is 1. The molecule has 0 unspecified atom stereocenters. The van der Waals surface area contributed by atoms with Crippen LogP contribution in [0.3, 0.4) is 0 Å². The van der Waals surface area contributed by atoms with Gasteiger partial charge in [-0.1, -0.05) is 65.5 Å². The number of carbonyl (C=O) groups excluding carboxylic acids is 3. The van der Waals surface area contributed by atoms with Crippen molar-refractivity contribution in [2.24, 2.45) is 10.8 Å². The molecule has 160 valence electrons. The largest absolute Gasteiger partial charge is 0.425 e. The molecule has 1 heterocycles. The van der Waals surface area contributed by atoms with Crippen molar-refractivity contribution in [3.63, 3.8) is 0 Å². The molecule has 0 bridgehead atoms. The third kappa shape index (κ3) is 2.84. The van der Waals surface area contributed by atoms with Gasteiger partial charge in [0.1, 0.15) is 5.75 Å². The van der Waals surface area contributed by atoms with Crippen LogP contribution < -0.4 is 10.1 Å². The van der Waals surface area contributed by atoms with Crippen molar-refractivity contribution < 1.29 is 19.1 Å². The molecule has 2 aromatic rings. The van der Waals surface area contributed by atoms with Crippen LogP contribution in [0.25, 0.3) is 0 Å². The van der Waals surface area contributed by atoms with E-state index in [-0.39, 0.29) is 17.7 Å². The molecule has 2 aliphatic carbocycles. The first-order valence-electron chi connectivity index (χ1n) is 10.8. The van der Waals surface area contributed by atoms with Crippen molar-refractivity contribution in [2.75, 3.05) is 0 Å². The van der Waals surface area contributed by atoms with Crippen molar-refractivity contribution in [3.8, 4) is 5.75 Å². The highest BCUT2D eigenvalue weighted by Crippen LogP contribution is 2.78. The molecular formula is C25H24BrNO4. The zero-order chi connectivity index (χ0) is 21.8. The maximum atomic E-state index is 13.8. The van der Waals surface area contributed by atoms with E-state index >= 15 is 0 Å². The zero-order valence-corrected chi connectivity index (χ0v) is 18.9. The minimum Gasteiger partial charge on any atom is -0.425 e. The van der Waals surface area contributed by atoms with Crippen LogP contribution in [0.2, 0.25) is 0 Å². The normalized spacial score (nSPS) is 29.4. The van der Waals surface area contributed by atoms with E-state index in [1.54, 1.807) is 43.3 Å². The topological polar surface area (TPSA) is 72.5 Å². The number of hydrogen-bond donors (Lipinski definition) is 1. The summed E-state index contributed by atoms with van der Waals surface area (Å²) in [6.07, 6.45) is 5.08. The van der Waals surface area contributed by atoms with Gasteiger partial charge in [0, 0.05) is 27.6 Å². The average Bonchev–Trinajstić information content (AvgIpc) is 3.38. The molecule has 6 heteroatoms. The predicted molar refractivity (Wildman–Crippen MR) is 119 cm³/mol. The van der Waals surface area contributed by atoms with Crippen LogP contribution >= 0.6 is 15.9 Å². The smallest absolute Gasteiger partial charge is 0.328 e. The maximum Gasteiger partial charge on any atom is 0.328 e. The van der Waals surface area contributed by atoms with Gasteiger partial charge in [-0.15, -0.1) is 0 Å². The van der Waals surface area contributed by atoms with Gasteiger partial charge in [0.05, 0.1) is 5.41 Å². The first-order chi connectivity index (χ1) is 14.9. The zero-order valence-electron chi connectivity index (χ0n) is 17.3. The summed E-state index contributed by atoms with van der Waals surface area (Å²) in [5.41, 5.74) is -1.52. The van der Waals surface area contributed by atoms with Crippen LogP contribution in [0, 0.1) is 10.8 Å². The number of fused-ring (bicyclic) bond motifs is 3. The number of esters is 1. The van der Waals surface area contributed by atoms with Crippen molar-refractivity contribution in [1.29, 1.82) is 0 Å². The summed E-state index contributed by atoms with van der Waals surface area (Å²) in [6.45, 7) is 1.74. The fourth-order valence-corrected chi connectivity index (χ4v) is 5.97. The van der Waals surface area contributed by atoms with Gasteiger partial charge in [-0.25, -0.2) is 0 Å². The molecule has 3 atom stereocenters. The predicted octanol–water partition coefficient (Wildman–Crippen LogP) is 4.79. The SMILES string of the molecule is C[C@]1(C(=O)c2ccc(Br)cc2)[C@@H]2c3ccccc3OC(=O)[C@@]21C(=O)NC1CCCCC1. The summed E-state index contributed by atoms with van der Waals surface area (Å²) >= 11 is 3.39. The molecule has 5 rings (SSSR count). The van der Waals surface area contributed by atoms with E-state index in [4.69, 9.17) is 4.74 Å². The maximum absolute atomic E-state index is 13.8. The lowest BCUT2D eigenvalue weighted by Crippen LogP contribution is -2.49. The van der Waals surface area contributed by atoms with Crippen LogP contribution in [0.4, 0.5) is 0 Å². The fraction of sp³-hybridized carbons (Fsp3) is 0.400. The quantitative estimate of drug-likeness (QED) is 0.295. The molecule has 0 saturated heterocycles. The molecular weight excluding hydrogens is 458 g/mol. The second-order valence-corrected chi connectivity index (χ2v) is 9.93. The molecule has 1 amide bonds. The van der Waals surface area contributed by atoms with Gasteiger partial charge in [0.25, 0.3) is 0 Å². The van der Waals surface area contributed by atoms with E-state index in [0.717, 1.165) is 42.1 Å². The van der Waals surface area contributed by atoms with E-state index in [2.05, 4.69) is 21.2 Å². The highest BCUT2D eigenvalue weighted by atomic mass is 79.9. The number of ketones is 1. The third-order valence-electron chi connectivity index (χ3n) is 7.38. The van der Waals surface area contributed by atoms with Crippen molar-refractivity contribution in [1.82, 2.24) is 5.32 Å². The molecule has 1 aliphatic heterocycles. The van der Waals surface area contributed by atoms with Gasteiger partial charge in [-0.05, 0) is 38.0 Å². The molecule has 0 aromatic heterocycles. The number of amides is 1. The van der Waals surface area contributed by atoms with E-state index in [0.29, 0.717) is 11.3 Å². The molecule has 0 spiro atoms. The van der Waals surface area contributed by atoms with E-state index in [1.807, 2.05) is 12.1 Å². The highest BCUT2D eigenvalue weighted by Gasteiger charge is 2.88. The Hall–Kier alpha value is -2.47. The van der Waals surface area contributed by atoms with Gasteiger partial charge in [-0.2, -0.15) is 0 Å². The Kier molecular flexibility index (Phi) is 4.81. The van der Waals surface area contributed by atoms with Crippen LogP contribution in [0.15, 0.2) is 53.0 Å². The monoisotopic (exact) mass is 481 g/mol. The van der Waals surface area contributed by atoms with Crippen LogP contribution in [-0.2, 0) is 9.59 Å². The Balaban J connectivity index is 1.59. The van der Waals surface area contributed by atoms with E-state index in [9.17, 15) is 14.4 Å². The Labute approximate surface area is 189 Å². The Bertz CT molecular complexity index is 1080. The molecule has 2 fully saturated rings. The minimum atomic E-state index is -1.54. The first-order valence-corrected chi connectivity index (χ1v) is 11.6. The lowest BCUT2D eigenvalue weighted by atomic mass is 9.85. The third-order valence-corrected chi connectivity index (χ3v) is 7.91. The summed E-state index contributed by atoms with van der Waals surface area (Å²) < 4.78 is 6.50. The Morgan fingerprint density at radius 2 is 1.71 bits per heavy atom. The number of halogens is 1.